The number of H-pyrrole nitrogens is 2. The standard InChI is InChI=1S/C26H31N7O8/c27-18(7-14-10-29-19-4-2-1-3-17(14)19)24(39)32-20(5-6-22(35)36)25(40)33-21(8-15-11-28-13-30-15)26(41)31-16(12-34)9-23(37)38/h1-4,10-13,16,18,20-21,29H,5-9,27H2,(H,28,30)(H,31,41)(H,32,39)(H,33,40)(H,35,36)(H,37,38)/p-1/t16-,18-,20-,21-/m0/s1. The molecule has 0 aliphatic heterocycles. The Kier molecular flexibility index (Phi) is 10.7. The molecule has 2 aromatic heterocycles. The highest BCUT2D eigenvalue weighted by atomic mass is 16.4. The number of para-hydroxylation sites is 1. The van der Waals surface area contributed by atoms with Crippen molar-refractivity contribution in [3.63, 3.8) is 0 Å². The van der Waals surface area contributed by atoms with Crippen LogP contribution >= 0.6 is 0 Å². The van der Waals surface area contributed by atoms with Crippen molar-refractivity contribution in [2.24, 2.45) is 0 Å². The van der Waals surface area contributed by atoms with Gasteiger partial charge in [-0.05, 0) is 24.5 Å². The van der Waals surface area contributed by atoms with E-state index in [0.717, 1.165) is 16.5 Å². The van der Waals surface area contributed by atoms with Crippen LogP contribution in [-0.4, -0.2) is 75.1 Å². The van der Waals surface area contributed by atoms with Crippen LogP contribution in [0.3, 0.4) is 0 Å². The van der Waals surface area contributed by atoms with E-state index in [4.69, 9.17) is 0 Å². The van der Waals surface area contributed by atoms with Crippen molar-refractivity contribution in [1.29, 1.82) is 0 Å². The van der Waals surface area contributed by atoms with Crippen LogP contribution in [0.4, 0.5) is 0 Å². The molecule has 0 radical (unpaired) electrons. The fourth-order valence-electron chi connectivity index (χ4n) is 4.17. The van der Waals surface area contributed by atoms with Gasteiger partial charge in [-0.15, -0.1) is 0 Å². The normalized spacial score (nSPS) is 13.9. The number of nitrogens with one attached hydrogen (secondary N) is 5. The molecule has 0 unspecified atom stereocenters. The predicted molar refractivity (Wildman–Crippen MR) is 137 cm³/mol. The van der Waals surface area contributed by atoms with Crippen LogP contribution in [0, 0.1) is 0 Å². The molecular weight excluding hydrogens is 538 g/mol. The Morgan fingerprint density at radius 3 is 2.29 bits per heavy atom. The van der Waals surface area contributed by atoms with Crippen molar-refractivity contribution in [1.82, 2.24) is 30.9 Å². The molecule has 3 rings (SSSR count). The summed E-state index contributed by atoms with van der Waals surface area (Å²) in [7, 11) is 0. The van der Waals surface area contributed by atoms with Gasteiger partial charge in [-0.2, -0.15) is 0 Å². The SMILES string of the molecule is [NH3+][C@@H](Cc1c[nH]c2ccccc12)C(=O)N[C@@H](CCC(=O)[O-])C(=O)N[C@@H](Cc1cnc[nH]1)C(=O)N[C@H](C=O)CC(=O)[O-]. The number of carboxylic acids is 2. The lowest BCUT2D eigenvalue weighted by molar-refractivity contribution is -0.403. The third-order valence-electron chi connectivity index (χ3n) is 6.27. The lowest BCUT2D eigenvalue weighted by Gasteiger charge is -2.24. The maximum atomic E-state index is 13.2. The number of fused-ring (bicyclic) bond motifs is 1. The summed E-state index contributed by atoms with van der Waals surface area (Å²) >= 11 is 0. The van der Waals surface area contributed by atoms with E-state index in [9.17, 15) is 39.0 Å². The number of imidazole rings is 1. The molecule has 15 nitrogen and oxygen atoms in total. The number of carbonyl (C=O) groups is 6. The van der Waals surface area contributed by atoms with Crippen molar-refractivity contribution in [2.45, 2.75) is 56.3 Å². The van der Waals surface area contributed by atoms with Gasteiger partial charge >= 0.3 is 0 Å². The molecular formula is C26H30N7O8-. The molecule has 218 valence electrons. The second-order valence-electron chi connectivity index (χ2n) is 9.40. The van der Waals surface area contributed by atoms with Crippen LogP contribution < -0.4 is 31.9 Å². The van der Waals surface area contributed by atoms with E-state index < -0.39 is 66.7 Å². The summed E-state index contributed by atoms with van der Waals surface area (Å²) < 4.78 is 0. The number of hydrogen-bond acceptors (Lipinski definition) is 9. The fourth-order valence-corrected chi connectivity index (χ4v) is 4.17. The zero-order chi connectivity index (χ0) is 29.9. The highest BCUT2D eigenvalue weighted by molar-refractivity contribution is 5.94. The number of aromatic amines is 2. The molecule has 0 aliphatic rings. The number of quaternary nitrogens is 1. The first-order valence-electron chi connectivity index (χ1n) is 12.7. The quantitative estimate of drug-likeness (QED) is 0.0910. The van der Waals surface area contributed by atoms with Crippen LogP contribution in [0.25, 0.3) is 10.9 Å². The van der Waals surface area contributed by atoms with Crippen LogP contribution in [0.15, 0.2) is 43.0 Å². The van der Waals surface area contributed by atoms with Crippen LogP contribution in [0.2, 0.25) is 0 Å². The Morgan fingerprint density at radius 1 is 0.927 bits per heavy atom. The number of hydrogen-bond donors (Lipinski definition) is 6. The van der Waals surface area contributed by atoms with Crippen LogP contribution in [-0.2, 0) is 41.6 Å². The van der Waals surface area contributed by atoms with E-state index in [1.807, 2.05) is 24.3 Å². The number of aldehydes is 1. The van der Waals surface area contributed by atoms with Crippen molar-refractivity contribution in [2.75, 3.05) is 0 Å². The summed E-state index contributed by atoms with van der Waals surface area (Å²) in [6.07, 6.45) is 3.06. The summed E-state index contributed by atoms with van der Waals surface area (Å²) in [6.45, 7) is 0. The van der Waals surface area contributed by atoms with Crippen molar-refractivity contribution < 1.29 is 44.7 Å². The number of aliphatic carboxylic acids is 2. The monoisotopic (exact) mass is 568 g/mol. The Balaban J connectivity index is 1.73. The topological polar surface area (TPSA) is 257 Å². The van der Waals surface area contributed by atoms with Gasteiger partial charge in [0.25, 0.3) is 5.91 Å². The van der Waals surface area contributed by atoms with Gasteiger partial charge in [0.1, 0.15) is 18.4 Å². The predicted octanol–water partition coefficient (Wildman–Crippen LogP) is -4.39. The summed E-state index contributed by atoms with van der Waals surface area (Å²) in [6, 6.07) is 2.47. The third kappa shape index (κ3) is 8.99. The first-order valence-corrected chi connectivity index (χ1v) is 12.7. The average Bonchev–Trinajstić information content (AvgIpc) is 3.59. The van der Waals surface area contributed by atoms with Crippen molar-refractivity contribution >= 4 is 46.8 Å². The molecule has 3 aromatic rings. The van der Waals surface area contributed by atoms with Gasteiger partial charge in [-0.3, -0.25) is 14.4 Å². The van der Waals surface area contributed by atoms with Gasteiger partial charge < -0.3 is 56.2 Å². The smallest absolute Gasteiger partial charge is 0.279 e. The largest absolute Gasteiger partial charge is 0.550 e. The molecule has 2 heterocycles. The second kappa shape index (κ2) is 14.4. The number of carbonyl (C=O) groups excluding carboxylic acids is 6. The molecule has 1 aromatic carbocycles. The van der Waals surface area contributed by atoms with Gasteiger partial charge in [-0.25, -0.2) is 4.98 Å². The van der Waals surface area contributed by atoms with Gasteiger partial charge in [0.2, 0.25) is 11.8 Å². The summed E-state index contributed by atoms with van der Waals surface area (Å²) in [4.78, 5) is 82.1. The summed E-state index contributed by atoms with van der Waals surface area (Å²) in [5.41, 5.74) is 6.00. The van der Waals surface area contributed by atoms with E-state index in [-0.39, 0.29) is 25.5 Å². The Morgan fingerprint density at radius 2 is 1.63 bits per heavy atom. The van der Waals surface area contributed by atoms with Gasteiger partial charge in [0, 0.05) is 60.2 Å². The average molecular weight is 569 g/mol. The van der Waals surface area contributed by atoms with E-state index in [1.54, 1.807) is 6.20 Å². The maximum Gasteiger partial charge on any atom is 0.279 e. The molecule has 0 saturated heterocycles. The van der Waals surface area contributed by atoms with E-state index in [0.29, 0.717) is 5.69 Å². The molecule has 15 heteroatoms. The zero-order valence-electron chi connectivity index (χ0n) is 21.9. The minimum atomic E-state index is -1.57. The number of benzene rings is 1. The fraction of sp³-hybridized carbons (Fsp3) is 0.346. The van der Waals surface area contributed by atoms with E-state index >= 15 is 0 Å². The first-order chi connectivity index (χ1) is 19.6. The van der Waals surface area contributed by atoms with Crippen molar-refractivity contribution in [3.05, 3.63) is 54.2 Å². The van der Waals surface area contributed by atoms with E-state index in [2.05, 4.69) is 36.6 Å². The minimum absolute atomic E-state index is 0.145. The second-order valence-corrected chi connectivity index (χ2v) is 9.40. The lowest BCUT2D eigenvalue weighted by Crippen LogP contribution is -2.70. The molecule has 4 atom stereocenters. The highest BCUT2D eigenvalue weighted by Crippen LogP contribution is 2.18. The first kappa shape index (κ1) is 30.5. The lowest BCUT2D eigenvalue weighted by atomic mass is 10.0. The number of rotatable bonds is 16. The molecule has 3 amide bonds. The zero-order valence-corrected chi connectivity index (χ0v) is 21.9. The Labute approximate surface area is 233 Å². The number of amides is 3. The molecule has 0 saturated carbocycles. The highest BCUT2D eigenvalue weighted by Gasteiger charge is 2.30. The molecule has 0 aliphatic carbocycles. The number of nitrogens with zero attached hydrogens (tertiary/aromatic N) is 1. The van der Waals surface area contributed by atoms with Gasteiger partial charge in [-0.1, -0.05) is 18.2 Å². The minimum Gasteiger partial charge on any atom is -0.550 e. The summed E-state index contributed by atoms with van der Waals surface area (Å²) in [5, 5.41) is 30.1. The molecule has 8 N–H and O–H groups in total. The van der Waals surface area contributed by atoms with E-state index in [1.165, 1.54) is 12.5 Å². The maximum absolute atomic E-state index is 13.2. The van der Waals surface area contributed by atoms with Crippen molar-refractivity contribution in [3.8, 4) is 0 Å². The number of carboxylic acid groups (broad SMARTS) is 2. The van der Waals surface area contributed by atoms with Crippen LogP contribution in [0.1, 0.15) is 30.5 Å². The molecule has 0 fully saturated rings. The Bertz CT molecular complexity index is 1390. The molecule has 41 heavy (non-hydrogen) atoms. The third-order valence-corrected chi connectivity index (χ3v) is 6.27. The Hall–Kier alpha value is -5.05. The van der Waals surface area contributed by atoms with Gasteiger partial charge in [0.15, 0.2) is 6.04 Å². The summed E-state index contributed by atoms with van der Waals surface area (Å²) in [5.74, 6) is -5.44. The van der Waals surface area contributed by atoms with Gasteiger partial charge in [0.05, 0.1) is 12.4 Å². The number of aromatic nitrogens is 3. The molecule has 0 spiro atoms. The van der Waals surface area contributed by atoms with Crippen LogP contribution in [0.5, 0.6) is 0 Å². The molecule has 0 bridgehead atoms.